The van der Waals surface area contributed by atoms with Crippen LogP contribution < -0.4 is 15.2 Å². The van der Waals surface area contributed by atoms with Crippen LogP contribution in [0.1, 0.15) is 18.4 Å². The minimum absolute atomic E-state index is 0.272. The Bertz CT molecular complexity index is 328. The van der Waals surface area contributed by atoms with E-state index in [1.54, 1.807) is 6.20 Å². The maximum Gasteiger partial charge on any atom is 0.257 e. The van der Waals surface area contributed by atoms with Gasteiger partial charge in [-0.15, -0.1) is 0 Å². The maximum absolute atomic E-state index is 5.62. The van der Waals surface area contributed by atoms with Crippen LogP contribution in [-0.4, -0.2) is 24.7 Å². The second kappa shape index (κ2) is 3.84. The molecule has 1 unspecified atom stereocenters. The molecule has 0 fully saturated rings. The third kappa shape index (κ3) is 1.53. The van der Waals surface area contributed by atoms with Gasteiger partial charge in [-0.3, -0.25) is 0 Å². The minimum Gasteiger partial charge on any atom is -0.484 e. The lowest BCUT2D eigenvalue weighted by Gasteiger charge is -2.21. The number of nitrogens with zero attached hydrogens (tertiary/aromatic N) is 1. The largest absolute Gasteiger partial charge is 0.484 e. The zero-order valence-electron chi connectivity index (χ0n) is 8.19. The van der Waals surface area contributed by atoms with Gasteiger partial charge in [0.2, 0.25) is 0 Å². The van der Waals surface area contributed by atoms with E-state index in [1.165, 1.54) is 0 Å². The lowest BCUT2D eigenvalue weighted by Crippen LogP contribution is -2.19. The Labute approximate surface area is 83.0 Å². The Morgan fingerprint density at radius 3 is 3.07 bits per heavy atom. The van der Waals surface area contributed by atoms with Crippen molar-refractivity contribution in [1.82, 2.24) is 4.98 Å². The fourth-order valence-corrected chi connectivity index (χ4v) is 1.49. The minimum atomic E-state index is 0.272. The first-order valence-corrected chi connectivity index (χ1v) is 4.77. The van der Waals surface area contributed by atoms with Crippen LogP contribution in [0.2, 0.25) is 0 Å². The van der Waals surface area contributed by atoms with E-state index in [0.717, 1.165) is 11.3 Å². The Morgan fingerprint density at radius 2 is 2.29 bits per heavy atom. The summed E-state index contributed by atoms with van der Waals surface area (Å²) in [4.78, 5) is 4.11. The number of aromatic nitrogens is 1. The Hall–Kier alpha value is -1.29. The van der Waals surface area contributed by atoms with Crippen LogP contribution >= 0.6 is 0 Å². The van der Waals surface area contributed by atoms with Crippen molar-refractivity contribution in [2.75, 3.05) is 19.8 Å². The fraction of sp³-hybridized carbons (Fsp3) is 0.500. The average molecular weight is 194 g/mol. The van der Waals surface area contributed by atoms with Gasteiger partial charge in [-0.25, -0.2) is 4.98 Å². The molecule has 0 saturated carbocycles. The summed E-state index contributed by atoms with van der Waals surface area (Å²) in [5.41, 5.74) is 6.70. The number of rotatable bonds is 2. The number of hydrogen-bond acceptors (Lipinski definition) is 4. The summed E-state index contributed by atoms with van der Waals surface area (Å²) in [5.74, 6) is 1.62. The smallest absolute Gasteiger partial charge is 0.257 e. The molecule has 4 nitrogen and oxygen atoms in total. The van der Waals surface area contributed by atoms with Crippen LogP contribution in [0, 0.1) is 0 Å². The Kier molecular flexibility index (Phi) is 2.54. The van der Waals surface area contributed by atoms with Crippen molar-refractivity contribution >= 4 is 0 Å². The van der Waals surface area contributed by atoms with Crippen molar-refractivity contribution in [2.45, 2.75) is 12.8 Å². The van der Waals surface area contributed by atoms with Crippen LogP contribution in [0.15, 0.2) is 12.3 Å². The molecule has 4 heteroatoms. The maximum atomic E-state index is 5.62. The molecule has 0 amide bonds. The lowest BCUT2D eigenvalue weighted by molar-refractivity contribution is 0.162. The topological polar surface area (TPSA) is 57.4 Å². The normalized spacial score (nSPS) is 16.4. The van der Waals surface area contributed by atoms with Gasteiger partial charge in [-0.1, -0.05) is 6.92 Å². The van der Waals surface area contributed by atoms with Gasteiger partial charge in [-0.05, 0) is 18.5 Å². The predicted octanol–water partition coefficient (Wildman–Crippen LogP) is 0.915. The van der Waals surface area contributed by atoms with Crippen molar-refractivity contribution < 1.29 is 9.47 Å². The highest BCUT2D eigenvalue weighted by molar-refractivity contribution is 5.44. The first-order valence-electron chi connectivity index (χ1n) is 4.77. The van der Waals surface area contributed by atoms with Gasteiger partial charge in [0.25, 0.3) is 5.88 Å². The van der Waals surface area contributed by atoms with Gasteiger partial charge in [0.1, 0.15) is 13.2 Å². The summed E-state index contributed by atoms with van der Waals surface area (Å²) < 4.78 is 10.9. The van der Waals surface area contributed by atoms with Crippen LogP contribution in [0.5, 0.6) is 11.6 Å². The van der Waals surface area contributed by atoms with Crippen molar-refractivity contribution in [3.8, 4) is 11.6 Å². The quantitative estimate of drug-likeness (QED) is 0.760. The van der Waals surface area contributed by atoms with Crippen LogP contribution in [0.25, 0.3) is 0 Å². The predicted molar refractivity (Wildman–Crippen MR) is 52.7 cm³/mol. The highest BCUT2D eigenvalue weighted by Crippen LogP contribution is 2.35. The van der Waals surface area contributed by atoms with Gasteiger partial charge in [-0.2, -0.15) is 0 Å². The Morgan fingerprint density at radius 1 is 1.50 bits per heavy atom. The molecule has 0 aromatic carbocycles. The summed E-state index contributed by atoms with van der Waals surface area (Å²) in [6.07, 6.45) is 1.73. The first kappa shape index (κ1) is 9.27. The molecule has 2 N–H and O–H groups in total. The molecule has 14 heavy (non-hydrogen) atoms. The number of nitrogens with two attached hydrogens (primary N) is 1. The van der Waals surface area contributed by atoms with E-state index in [0.29, 0.717) is 25.6 Å². The number of pyridine rings is 1. The summed E-state index contributed by atoms with van der Waals surface area (Å²) >= 11 is 0. The molecule has 76 valence electrons. The number of ether oxygens (including phenoxy) is 2. The third-order valence-corrected chi connectivity index (χ3v) is 2.36. The molecule has 1 aromatic rings. The van der Waals surface area contributed by atoms with Gasteiger partial charge >= 0.3 is 0 Å². The Balaban J connectivity index is 2.39. The summed E-state index contributed by atoms with van der Waals surface area (Å²) in [7, 11) is 0. The van der Waals surface area contributed by atoms with Crippen LogP contribution in [0.4, 0.5) is 0 Å². The SMILES string of the molecule is CC(CN)c1ccnc2c1OCCO2. The summed E-state index contributed by atoms with van der Waals surface area (Å²) in [6, 6.07) is 1.94. The van der Waals surface area contributed by atoms with E-state index in [-0.39, 0.29) is 5.92 Å². The average Bonchev–Trinajstić information content (AvgIpc) is 2.27. The van der Waals surface area contributed by atoms with E-state index in [2.05, 4.69) is 11.9 Å². The van der Waals surface area contributed by atoms with E-state index < -0.39 is 0 Å². The van der Waals surface area contributed by atoms with Crippen molar-refractivity contribution in [3.05, 3.63) is 17.8 Å². The zero-order valence-corrected chi connectivity index (χ0v) is 8.19. The van der Waals surface area contributed by atoms with Gasteiger partial charge in [0.05, 0.1) is 0 Å². The van der Waals surface area contributed by atoms with Crippen LogP contribution in [0.3, 0.4) is 0 Å². The molecule has 1 aromatic heterocycles. The second-order valence-electron chi connectivity index (χ2n) is 3.37. The standard InChI is InChI=1S/C10H14N2O2/c1-7(6-11)8-2-3-12-10-9(8)13-4-5-14-10/h2-3,7H,4-6,11H2,1H3. The van der Waals surface area contributed by atoms with Gasteiger partial charge in [0, 0.05) is 11.8 Å². The first-order chi connectivity index (χ1) is 6.83. The van der Waals surface area contributed by atoms with E-state index in [4.69, 9.17) is 15.2 Å². The fourth-order valence-electron chi connectivity index (χ4n) is 1.49. The molecular formula is C10H14N2O2. The zero-order chi connectivity index (χ0) is 9.97. The van der Waals surface area contributed by atoms with Crippen molar-refractivity contribution in [1.29, 1.82) is 0 Å². The van der Waals surface area contributed by atoms with Gasteiger partial charge in [0.15, 0.2) is 5.75 Å². The molecule has 0 saturated heterocycles. The summed E-state index contributed by atoms with van der Waals surface area (Å²) in [5, 5.41) is 0. The highest BCUT2D eigenvalue weighted by Gasteiger charge is 2.19. The monoisotopic (exact) mass is 194 g/mol. The molecule has 0 bridgehead atoms. The lowest BCUT2D eigenvalue weighted by atomic mass is 10.0. The molecule has 1 aliphatic rings. The van der Waals surface area contributed by atoms with Gasteiger partial charge < -0.3 is 15.2 Å². The van der Waals surface area contributed by atoms with E-state index in [1.807, 2.05) is 6.07 Å². The molecular weight excluding hydrogens is 180 g/mol. The van der Waals surface area contributed by atoms with Crippen molar-refractivity contribution in [2.24, 2.45) is 5.73 Å². The number of hydrogen-bond donors (Lipinski definition) is 1. The molecule has 1 aliphatic heterocycles. The molecule has 2 heterocycles. The molecule has 0 aliphatic carbocycles. The molecule has 2 rings (SSSR count). The molecule has 1 atom stereocenters. The van der Waals surface area contributed by atoms with Crippen LogP contribution in [-0.2, 0) is 0 Å². The summed E-state index contributed by atoms with van der Waals surface area (Å²) in [6.45, 7) is 3.82. The molecule has 0 spiro atoms. The third-order valence-electron chi connectivity index (χ3n) is 2.36. The second-order valence-corrected chi connectivity index (χ2v) is 3.37. The van der Waals surface area contributed by atoms with E-state index in [9.17, 15) is 0 Å². The highest BCUT2D eigenvalue weighted by atomic mass is 16.6. The number of fused-ring (bicyclic) bond motifs is 1. The molecule has 0 radical (unpaired) electrons. The van der Waals surface area contributed by atoms with E-state index >= 15 is 0 Å². The van der Waals surface area contributed by atoms with Crippen molar-refractivity contribution in [3.63, 3.8) is 0 Å².